The second kappa shape index (κ2) is 7.38. The van der Waals surface area contributed by atoms with E-state index in [9.17, 15) is 0 Å². The molecule has 0 atom stereocenters. The lowest BCUT2D eigenvalue weighted by molar-refractivity contribution is 1.24. The Morgan fingerprint density at radius 1 is 0.464 bits per heavy atom. The molecule has 0 aliphatic carbocycles. The summed E-state index contributed by atoms with van der Waals surface area (Å²) >= 11 is 3.13. The quantitative estimate of drug-likeness (QED) is 0.402. The van der Waals surface area contributed by atoms with Crippen molar-refractivity contribution in [3.8, 4) is 44.2 Å². The molecule has 7 heteroatoms. The van der Waals surface area contributed by atoms with Crippen molar-refractivity contribution in [2.75, 3.05) is 0 Å². The summed E-state index contributed by atoms with van der Waals surface area (Å²) in [6, 6.07) is 17.6. The Labute approximate surface area is 169 Å². The van der Waals surface area contributed by atoms with Crippen LogP contribution in [-0.4, -0.2) is 24.9 Å². The average molecular weight is 400 g/mol. The third-order valence-corrected chi connectivity index (χ3v) is 5.78. The average Bonchev–Trinajstić information content (AvgIpc) is 3.46. The van der Waals surface area contributed by atoms with E-state index in [1.54, 1.807) is 35.1 Å². The van der Waals surface area contributed by atoms with Crippen LogP contribution in [0.5, 0.6) is 0 Å². The predicted molar refractivity (Wildman–Crippen MR) is 113 cm³/mol. The number of thiazole rings is 2. The largest absolute Gasteiger partial charge is 0.254 e. The summed E-state index contributed by atoms with van der Waals surface area (Å²) in [5.41, 5.74) is 5.07. The molecule has 0 saturated carbocycles. The Balaban J connectivity index is 1.46. The van der Waals surface area contributed by atoms with Crippen LogP contribution in [0.1, 0.15) is 0 Å². The van der Waals surface area contributed by atoms with Crippen molar-refractivity contribution in [2.24, 2.45) is 0 Å². The van der Waals surface area contributed by atoms with Crippen molar-refractivity contribution in [3.63, 3.8) is 0 Å². The first kappa shape index (κ1) is 16.9. The zero-order valence-electron chi connectivity index (χ0n) is 14.6. The molecule has 0 amide bonds. The smallest absolute Gasteiger partial charge is 0.142 e. The molecule has 0 unspecified atom stereocenters. The van der Waals surface area contributed by atoms with Crippen LogP contribution in [-0.2, 0) is 0 Å². The lowest BCUT2D eigenvalue weighted by atomic mass is 10.2. The van der Waals surface area contributed by atoms with Gasteiger partial charge in [0.2, 0.25) is 0 Å². The van der Waals surface area contributed by atoms with E-state index in [1.807, 2.05) is 65.4 Å². The third kappa shape index (κ3) is 3.33. The van der Waals surface area contributed by atoms with Crippen LogP contribution in [0.2, 0.25) is 0 Å². The van der Waals surface area contributed by atoms with Gasteiger partial charge >= 0.3 is 0 Å². The Morgan fingerprint density at radius 2 is 0.964 bits per heavy atom. The third-order valence-electron chi connectivity index (χ3n) is 4.05. The number of aromatic nitrogens is 5. The molecule has 0 N–H and O–H groups in total. The summed E-state index contributed by atoms with van der Waals surface area (Å²) in [5, 5.41) is 5.79. The van der Waals surface area contributed by atoms with Gasteiger partial charge in [-0.2, -0.15) is 0 Å². The van der Waals surface area contributed by atoms with E-state index in [1.165, 1.54) is 0 Å². The van der Waals surface area contributed by atoms with Crippen LogP contribution in [0.3, 0.4) is 0 Å². The van der Waals surface area contributed by atoms with E-state index in [4.69, 9.17) is 15.0 Å². The molecule has 0 aromatic carbocycles. The normalized spacial score (nSPS) is 10.9. The standard InChI is InChI=1S/C21H13N5S2/c1-3-10-22-16(6-1)20-25-18(12-27-20)14-8-5-9-15(24-14)19-13-28-21(26-19)17-7-2-4-11-23-17/h1-13H. The fourth-order valence-corrected chi connectivity index (χ4v) is 4.30. The van der Waals surface area contributed by atoms with Crippen molar-refractivity contribution >= 4 is 22.7 Å². The highest BCUT2D eigenvalue weighted by Crippen LogP contribution is 2.30. The first-order valence-electron chi connectivity index (χ1n) is 8.58. The second-order valence-electron chi connectivity index (χ2n) is 5.91. The van der Waals surface area contributed by atoms with Gasteiger partial charge in [-0.3, -0.25) is 9.97 Å². The minimum absolute atomic E-state index is 0.823. The van der Waals surface area contributed by atoms with Gasteiger partial charge in [-0.15, -0.1) is 22.7 Å². The van der Waals surface area contributed by atoms with E-state index < -0.39 is 0 Å². The zero-order chi connectivity index (χ0) is 18.8. The van der Waals surface area contributed by atoms with Gasteiger partial charge in [0.1, 0.15) is 21.4 Å². The van der Waals surface area contributed by atoms with Gasteiger partial charge in [0.25, 0.3) is 0 Å². The number of pyridine rings is 3. The van der Waals surface area contributed by atoms with Crippen molar-refractivity contribution in [1.29, 1.82) is 0 Å². The van der Waals surface area contributed by atoms with Crippen LogP contribution in [0.15, 0.2) is 77.8 Å². The summed E-state index contributed by atoms with van der Waals surface area (Å²) < 4.78 is 0. The van der Waals surface area contributed by atoms with Gasteiger partial charge in [0.15, 0.2) is 0 Å². The summed E-state index contributed by atoms with van der Waals surface area (Å²) in [6.45, 7) is 0. The maximum atomic E-state index is 4.77. The molecule has 0 bridgehead atoms. The Morgan fingerprint density at radius 3 is 1.43 bits per heavy atom. The molecule has 28 heavy (non-hydrogen) atoms. The van der Waals surface area contributed by atoms with Crippen LogP contribution in [0.25, 0.3) is 44.2 Å². The molecule has 5 nitrogen and oxygen atoms in total. The topological polar surface area (TPSA) is 64.5 Å². The summed E-state index contributed by atoms with van der Waals surface area (Å²) in [4.78, 5) is 22.9. The Kier molecular flexibility index (Phi) is 4.44. The summed E-state index contributed by atoms with van der Waals surface area (Å²) in [5.74, 6) is 0. The van der Waals surface area contributed by atoms with Crippen LogP contribution in [0.4, 0.5) is 0 Å². The zero-order valence-corrected chi connectivity index (χ0v) is 16.2. The molecule has 5 rings (SSSR count). The second-order valence-corrected chi connectivity index (χ2v) is 7.63. The van der Waals surface area contributed by atoms with E-state index >= 15 is 0 Å². The minimum atomic E-state index is 0.823. The molecule has 0 spiro atoms. The van der Waals surface area contributed by atoms with E-state index in [-0.39, 0.29) is 0 Å². The molecule has 0 aliphatic heterocycles. The lowest BCUT2D eigenvalue weighted by Gasteiger charge is -2.00. The van der Waals surface area contributed by atoms with Crippen molar-refractivity contribution < 1.29 is 0 Å². The highest BCUT2D eigenvalue weighted by atomic mass is 32.1. The first-order chi connectivity index (χ1) is 13.9. The van der Waals surface area contributed by atoms with Gasteiger partial charge in [-0.05, 0) is 36.4 Å². The maximum Gasteiger partial charge on any atom is 0.142 e. The highest BCUT2D eigenvalue weighted by Gasteiger charge is 2.12. The summed E-state index contributed by atoms with van der Waals surface area (Å²) in [7, 11) is 0. The fourth-order valence-electron chi connectivity index (χ4n) is 2.72. The first-order valence-corrected chi connectivity index (χ1v) is 10.3. The fraction of sp³-hybridized carbons (Fsp3) is 0. The van der Waals surface area contributed by atoms with Gasteiger partial charge in [-0.1, -0.05) is 18.2 Å². The van der Waals surface area contributed by atoms with Gasteiger partial charge < -0.3 is 0 Å². The SMILES string of the molecule is c1ccc(-c2nc(-c3cccc(-c4csc(-c5ccccn5)n4)n3)cs2)nc1. The number of rotatable bonds is 4. The Bertz CT molecular complexity index is 1120. The Hall–Kier alpha value is -3.29. The van der Waals surface area contributed by atoms with E-state index in [2.05, 4.69) is 9.97 Å². The number of hydrogen-bond acceptors (Lipinski definition) is 7. The molecule has 0 saturated heterocycles. The van der Waals surface area contributed by atoms with Gasteiger partial charge in [0, 0.05) is 23.2 Å². The molecule has 0 radical (unpaired) electrons. The molecular weight excluding hydrogens is 386 g/mol. The van der Waals surface area contributed by atoms with Crippen LogP contribution < -0.4 is 0 Å². The van der Waals surface area contributed by atoms with Crippen molar-refractivity contribution in [3.05, 3.63) is 77.8 Å². The molecular formula is C21H13N5S2. The lowest BCUT2D eigenvalue weighted by Crippen LogP contribution is -1.89. The highest BCUT2D eigenvalue weighted by molar-refractivity contribution is 7.13. The molecule has 0 fully saturated rings. The minimum Gasteiger partial charge on any atom is -0.254 e. The molecule has 5 heterocycles. The van der Waals surface area contributed by atoms with Crippen molar-refractivity contribution in [1.82, 2.24) is 24.9 Å². The predicted octanol–water partition coefficient (Wildman–Crippen LogP) is 5.45. The molecule has 5 aromatic heterocycles. The summed E-state index contributed by atoms with van der Waals surface area (Å²) in [6.07, 6.45) is 3.55. The van der Waals surface area contributed by atoms with E-state index in [0.29, 0.717) is 0 Å². The molecule has 134 valence electrons. The van der Waals surface area contributed by atoms with Crippen LogP contribution >= 0.6 is 22.7 Å². The number of hydrogen-bond donors (Lipinski definition) is 0. The number of nitrogens with zero attached hydrogens (tertiary/aromatic N) is 5. The monoisotopic (exact) mass is 399 g/mol. The molecule has 0 aliphatic rings. The molecule has 5 aromatic rings. The van der Waals surface area contributed by atoms with Gasteiger partial charge in [0.05, 0.1) is 22.8 Å². The maximum absolute atomic E-state index is 4.77. The van der Waals surface area contributed by atoms with Crippen LogP contribution in [0, 0.1) is 0 Å². The van der Waals surface area contributed by atoms with Gasteiger partial charge in [-0.25, -0.2) is 15.0 Å². The van der Waals surface area contributed by atoms with E-state index in [0.717, 1.165) is 44.2 Å². The van der Waals surface area contributed by atoms with Crippen molar-refractivity contribution in [2.45, 2.75) is 0 Å².